The number of benzene rings is 2. The molecule has 2 N–H and O–H groups in total. The highest BCUT2D eigenvalue weighted by Gasteiger charge is 2.13. The maximum absolute atomic E-state index is 12.7. The highest BCUT2D eigenvalue weighted by Crippen LogP contribution is 2.22. The monoisotopic (exact) mass is 430 g/mol. The first-order valence-corrected chi connectivity index (χ1v) is 11.3. The van der Waals surface area contributed by atoms with Gasteiger partial charge in [0.2, 0.25) is 10.0 Å². The Morgan fingerprint density at radius 1 is 1.25 bits per heavy atom. The average Bonchev–Trinajstić information content (AvgIpc) is 3.25. The molecule has 142 valence electrons. The zero-order valence-electron chi connectivity index (χ0n) is 14.4. The van der Waals surface area contributed by atoms with E-state index in [0.717, 1.165) is 15.7 Å². The minimum absolute atomic E-state index is 0.0144. The molecule has 0 saturated carbocycles. The summed E-state index contributed by atoms with van der Waals surface area (Å²) in [6, 6.07) is 9.83. The second-order valence-corrected chi connectivity index (χ2v) is 9.37. The molecule has 4 rings (SSSR count). The molecule has 2 aromatic heterocycles. The number of allylic oxidation sites excluding steroid dienone is 1. The molecular formula is C18H14N4O3S3. The molecule has 4 aromatic rings. The van der Waals surface area contributed by atoms with Crippen molar-refractivity contribution in [3.8, 4) is 0 Å². The summed E-state index contributed by atoms with van der Waals surface area (Å²) < 4.78 is 26.6. The first kappa shape index (κ1) is 18.7. The van der Waals surface area contributed by atoms with Gasteiger partial charge < -0.3 is 4.57 Å². The quantitative estimate of drug-likeness (QED) is 0.502. The zero-order chi connectivity index (χ0) is 19.9. The maximum atomic E-state index is 12.7. The van der Waals surface area contributed by atoms with E-state index < -0.39 is 10.0 Å². The fraction of sp³-hybridized carbons (Fsp3) is 0.0556. The number of fused-ring (bicyclic) bond motifs is 2. The second kappa shape index (κ2) is 7.06. The number of amides is 1. The third kappa shape index (κ3) is 3.42. The summed E-state index contributed by atoms with van der Waals surface area (Å²) in [5.74, 6) is -0.383. The summed E-state index contributed by atoms with van der Waals surface area (Å²) in [6.45, 7) is 4.17. The average molecular weight is 431 g/mol. The third-order valence-corrected chi connectivity index (χ3v) is 6.81. The van der Waals surface area contributed by atoms with Gasteiger partial charge in [0.1, 0.15) is 0 Å². The van der Waals surface area contributed by atoms with E-state index in [0.29, 0.717) is 21.6 Å². The summed E-state index contributed by atoms with van der Waals surface area (Å²) in [7, 11) is -3.82. The van der Waals surface area contributed by atoms with Crippen LogP contribution in [-0.4, -0.2) is 23.9 Å². The molecule has 0 aliphatic heterocycles. The smallest absolute Gasteiger partial charge is 0.279 e. The number of hydrogen-bond donors (Lipinski definition) is 1. The molecule has 0 fully saturated rings. The number of carbonyl (C=O) groups excluding carboxylic acids is 1. The number of carbonyl (C=O) groups is 1. The van der Waals surface area contributed by atoms with Gasteiger partial charge in [0.15, 0.2) is 4.80 Å². The Hall–Kier alpha value is -2.66. The lowest BCUT2D eigenvalue weighted by molar-refractivity contribution is 0.0998. The van der Waals surface area contributed by atoms with Gasteiger partial charge in [-0.3, -0.25) is 4.79 Å². The number of nitrogens with zero attached hydrogens (tertiary/aromatic N) is 3. The van der Waals surface area contributed by atoms with E-state index in [1.54, 1.807) is 35.9 Å². The third-order valence-electron chi connectivity index (χ3n) is 4.07. The van der Waals surface area contributed by atoms with Gasteiger partial charge in [-0.25, -0.2) is 18.5 Å². The van der Waals surface area contributed by atoms with Crippen molar-refractivity contribution < 1.29 is 13.2 Å². The van der Waals surface area contributed by atoms with Crippen LogP contribution in [0.4, 0.5) is 0 Å². The molecule has 1 amide bonds. The number of thiazole rings is 2. The van der Waals surface area contributed by atoms with Crippen LogP contribution in [0.15, 0.2) is 64.5 Å². The molecule has 7 nitrogen and oxygen atoms in total. The van der Waals surface area contributed by atoms with Crippen molar-refractivity contribution in [2.75, 3.05) is 0 Å². The van der Waals surface area contributed by atoms with Gasteiger partial charge in [-0.05, 0) is 36.4 Å². The van der Waals surface area contributed by atoms with Gasteiger partial charge >= 0.3 is 0 Å². The van der Waals surface area contributed by atoms with E-state index in [-0.39, 0.29) is 10.8 Å². The van der Waals surface area contributed by atoms with Gasteiger partial charge in [-0.1, -0.05) is 17.4 Å². The molecule has 28 heavy (non-hydrogen) atoms. The molecule has 0 spiro atoms. The van der Waals surface area contributed by atoms with Crippen molar-refractivity contribution >= 4 is 59.0 Å². The van der Waals surface area contributed by atoms with Crippen LogP contribution in [0.5, 0.6) is 0 Å². The van der Waals surface area contributed by atoms with E-state index in [9.17, 15) is 13.2 Å². The maximum Gasteiger partial charge on any atom is 0.279 e. The number of primary sulfonamides is 1. The van der Waals surface area contributed by atoms with Gasteiger partial charge in [0.05, 0.1) is 30.8 Å². The number of sulfonamides is 1. The molecular weight excluding hydrogens is 416 g/mol. The first-order chi connectivity index (χ1) is 13.4. The number of nitrogens with two attached hydrogens (primary N) is 1. The van der Waals surface area contributed by atoms with Gasteiger partial charge in [-0.15, -0.1) is 17.9 Å². The lowest BCUT2D eigenvalue weighted by Crippen LogP contribution is -2.16. The highest BCUT2D eigenvalue weighted by molar-refractivity contribution is 7.89. The predicted octanol–water partition coefficient (Wildman–Crippen LogP) is 2.89. The van der Waals surface area contributed by atoms with E-state index in [2.05, 4.69) is 16.6 Å². The summed E-state index contributed by atoms with van der Waals surface area (Å²) in [5, 5.41) is 5.22. The molecule has 0 unspecified atom stereocenters. The van der Waals surface area contributed by atoms with E-state index in [1.807, 2.05) is 4.57 Å². The number of rotatable bonds is 4. The van der Waals surface area contributed by atoms with E-state index in [1.165, 1.54) is 34.8 Å². The van der Waals surface area contributed by atoms with Gasteiger partial charge in [-0.2, -0.15) is 4.99 Å². The Kier molecular flexibility index (Phi) is 4.71. The van der Waals surface area contributed by atoms with E-state index >= 15 is 0 Å². The predicted molar refractivity (Wildman–Crippen MR) is 111 cm³/mol. The lowest BCUT2D eigenvalue weighted by Gasteiger charge is -2.02. The summed E-state index contributed by atoms with van der Waals surface area (Å²) in [6.07, 6.45) is 1.69. The highest BCUT2D eigenvalue weighted by atomic mass is 32.2. The Labute approximate surface area is 168 Å². The molecule has 0 bridgehead atoms. The Balaban J connectivity index is 1.86. The van der Waals surface area contributed by atoms with Crippen molar-refractivity contribution in [1.82, 2.24) is 9.55 Å². The van der Waals surface area contributed by atoms with Crippen LogP contribution in [0.1, 0.15) is 10.4 Å². The van der Waals surface area contributed by atoms with Crippen molar-refractivity contribution in [1.29, 1.82) is 0 Å². The molecule has 0 aliphatic carbocycles. The van der Waals surface area contributed by atoms with Crippen LogP contribution in [0, 0.1) is 0 Å². The normalized spacial score (nSPS) is 12.7. The van der Waals surface area contributed by atoms with Crippen molar-refractivity contribution in [2.45, 2.75) is 11.4 Å². The van der Waals surface area contributed by atoms with Crippen LogP contribution >= 0.6 is 22.7 Å². The Morgan fingerprint density at radius 2 is 2.07 bits per heavy atom. The minimum atomic E-state index is -3.82. The largest absolute Gasteiger partial charge is 0.312 e. The molecule has 2 aromatic carbocycles. The zero-order valence-corrected chi connectivity index (χ0v) is 16.9. The van der Waals surface area contributed by atoms with Crippen LogP contribution in [0.2, 0.25) is 0 Å². The second-order valence-electron chi connectivity index (χ2n) is 5.91. The summed E-state index contributed by atoms with van der Waals surface area (Å²) in [5.41, 5.74) is 3.77. The van der Waals surface area contributed by atoms with Crippen molar-refractivity contribution in [3.63, 3.8) is 0 Å². The fourth-order valence-electron chi connectivity index (χ4n) is 2.76. The van der Waals surface area contributed by atoms with Gasteiger partial charge in [0, 0.05) is 12.1 Å². The molecule has 0 aliphatic rings. The Morgan fingerprint density at radius 3 is 2.82 bits per heavy atom. The van der Waals surface area contributed by atoms with Crippen LogP contribution < -0.4 is 9.94 Å². The van der Waals surface area contributed by atoms with Crippen molar-refractivity contribution in [2.24, 2.45) is 10.1 Å². The molecule has 0 atom stereocenters. The number of hydrogen-bond acceptors (Lipinski definition) is 6. The van der Waals surface area contributed by atoms with Crippen molar-refractivity contribution in [3.05, 3.63) is 64.9 Å². The minimum Gasteiger partial charge on any atom is -0.312 e. The lowest BCUT2D eigenvalue weighted by atomic mass is 10.2. The molecule has 0 radical (unpaired) electrons. The summed E-state index contributed by atoms with van der Waals surface area (Å²) in [4.78, 5) is 21.6. The van der Waals surface area contributed by atoms with Crippen LogP contribution in [-0.2, 0) is 16.6 Å². The Bertz CT molecular complexity index is 1410. The standard InChI is InChI=1S/C18H14N4O3S3/c1-2-7-22-14-6-4-12(28(19,24)25)9-16(14)27-18(22)21-17(23)11-3-5-13-15(8-11)26-10-20-13/h2-6,8-10H,1,7H2,(H2,19,24,25). The van der Waals surface area contributed by atoms with E-state index in [4.69, 9.17) is 5.14 Å². The molecule has 10 heteroatoms. The first-order valence-electron chi connectivity index (χ1n) is 8.06. The number of aromatic nitrogens is 2. The summed E-state index contributed by atoms with van der Waals surface area (Å²) >= 11 is 2.67. The van der Waals surface area contributed by atoms with Gasteiger partial charge in [0.25, 0.3) is 5.91 Å². The van der Waals surface area contributed by atoms with Crippen LogP contribution in [0.3, 0.4) is 0 Å². The SMILES string of the molecule is C=CCn1c(=NC(=O)c2ccc3ncsc3c2)sc2cc(S(N)(=O)=O)ccc21. The molecule has 0 saturated heterocycles. The molecule has 2 heterocycles. The van der Waals surface area contributed by atoms with Crippen LogP contribution in [0.25, 0.3) is 20.4 Å². The fourth-order valence-corrected chi connectivity index (χ4v) is 5.17. The topological polar surface area (TPSA) is 107 Å².